The number of aryl methyl sites for hydroxylation is 2. The van der Waals surface area contributed by atoms with E-state index in [1.165, 1.54) is 0 Å². The van der Waals surface area contributed by atoms with Crippen LogP contribution in [0.3, 0.4) is 0 Å². The number of hydrogen-bond donors (Lipinski definition) is 2. The first-order valence-electron chi connectivity index (χ1n) is 7.38. The summed E-state index contributed by atoms with van der Waals surface area (Å²) in [5, 5.41) is 0.0831. The minimum absolute atomic E-state index is 0.0831. The van der Waals surface area contributed by atoms with Crippen LogP contribution in [0.25, 0.3) is 0 Å². The van der Waals surface area contributed by atoms with Crippen molar-refractivity contribution in [2.24, 2.45) is 11.1 Å². The fourth-order valence-electron chi connectivity index (χ4n) is 2.16. The number of sulfonamides is 1. The van der Waals surface area contributed by atoms with Gasteiger partial charge in [-0.2, -0.15) is 0 Å². The largest absolute Gasteiger partial charge is 0.334 e. The molecule has 3 N–H and O–H groups in total. The zero-order valence-corrected chi connectivity index (χ0v) is 14.5. The van der Waals surface area contributed by atoms with E-state index in [1.54, 1.807) is 6.20 Å². The van der Waals surface area contributed by atoms with E-state index >= 15 is 0 Å². The van der Waals surface area contributed by atoms with Crippen LogP contribution < -0.4 is 10.5 Å². The van der Waals surface area contributed by atoms with Gasteiger partial charge in [0.25, 0.3) is 10.0 Å². The second-order valence-corrected chi connectivity index (χ2v) is 8.10. The first-order chi connectivity index (χ1) is 9.61. The Balaban J connectivity index is 3.02. The van der Waals surface area contributed by atoms with Crippen molar-refractivity contribution < 1.29 is 8.42 Å². The molecule has 0 aliphatic carbocycles. The smallest absolute Gasteiger partial charge is 0.259 e. The van der Waals surface area contributed by atoms with Crippen LogP contribution in [0.15, 0.2) is 11.2 Å². The summed E-state index contributed by atoms with van der Waals surface area (Å²) in [7, 11) is -3.62. The van der Waals surface area contributed by atoms with E-state index in [0.29, 0.717) is 18.8 Å². The molecular weight excluding hydrogens is 288 g/mol. The Labute approximate surface area is 128 Å². The van der Waals surface area contributed by atoms with E-state index in [2.05, 4.69) is 9.71 Å². The van der Waals surface area contributed by atoms with Crippen molar-refractivity contribution in [1.29, 1.82) is 0 Å². The molecule has 0 saturated heterocycles. The molecule has 0 aliphatic rings. The summed E-state index contributed by atoms with van der Waals surface area (Å²) < 4.78 is 29.6. The van der Waals surface area contributed by atoms with Crippen molar-refractivity contribution in [1.82, 2.24) is 14.3 Å². The van der Waals surface area contributed by atoms with Crippen molar-refractivity contribution in [2.45, 2.75) is 65.1 Å². The highest BCUT2D eigenvalue weighted by Gasteiger charge is 2.30. The molecule has 122 valence electrons. The van der Waals surface area contributed by atoms with Gasteiger partial charge in [0, 0.05) is 18.8 Å². The van der Waals surface area contributed by atoms with Gasteiger partial charge in [0.1, 0.15) is 5.82 Å². The first kappa shape index (κ1) is 18.1. The highest BCUT2D eigenvalue weighted by molar-refractivity contribution is 7.89. The lowest BCUT2D eigenvalue weighted by Gasteiger charge is -2.30. The Bertz CT molecular complexity index is 558. The first-order valence-corrected chi connectivity index (χ1v) is 8.86. The van der Waals surface area contributed by atoms with Crippen LogP contribution in [0.5, 0.6) is 0 Å². The zero-order chi connectivity index (χ0) is 16.3. The number of nitrogens with one attached hydrogen (secondary N) is 1. The quantitative estimate of drug-likeness (QED) is 0.800. The monoisotopic (exact) mass is 316 g/mol. The number of aromatic nitrogens is 2. The summed E-state index contributed by atoms with van der Waals surface area (Å²) in [6, 6.07) is -0.218. The van der Waals surface area contributed by atoms with E-state index in [0.717, 1.165) is 13.0 Å². The van der Waals surface area contributed by atoms with Crippen molar-refractivity contribution in [3.05, 3.63) is 12.0 Å². The van der Waals surface area contributed by atoms with E-state index in [9.17, 15) is 8.42 Å². The van der Waals surface area contributed by atoms with Gasteiger partial charge in [-0.3, -0.25) is 0 Å². The molecule has 0 aliphatic heterocycles. The molecule has 21 heavy (non-hydrogen) atoms. The maximum Gasteiger partial charge on any atom is 0.259 e. The Morgan fingerprint density at radius 2 is 2.05 bits per heavy atom. The fourth-order valence-corrected chi connectivity index (χ4v) is 3.64. The lowest BCUT2D eigenvalue weighted by atomic mass is 9.85. The van der Waals surface area contributed by atoms with E-state index < -0.39 is 10.0 Å². The summed E-state index contributed by atoms with van der Waals surface area (Å²) in [4.78, 5) is 4.18. The van der Waals surface area contributed by atoms with E-state index in [-0.39, 0.29) is 16.5 Å². The zero-order valence-electron chi connectivity index (χ0n) is 13.7. The Kier molecular flexibility index (Phi) is 5.95. The molecule has 0 bridgehead atoms. The van der Waals surface area contributed by atoms with E-state index in [4.69, 9.17) is 5.73 Å². The second kappa shape index (κ2) is 6.89. The highest BCUT2D eigenvalue weighted by atomic mass is 32.2. The molecule has 1 unspecified atom stereocenters. The normalized spacial score (nSPS) is 14.4. The lowest BCUT2D eigenvalue weighted by molar-refractivity contribution is 0.287. The average molecular weight is 316 g/mol. The van der Waals surface area contributed by atoms with Crippen LogP contribution in [0.2, 0.25) is 0 Å². The van der Waals surface area contributed by atoms with E-state index in [1.807, 2.05) is 39.2 Å². The van der Waals surface area contributed by atoms with Gasteiger partial charge >= 0.3 is 0 Å². The molecule has 1 aromatic rings. The number of nitrogens with zero attached hydrogens (tertiary/aromatic N) is 2. The van der Waals surface area contributed by atoms with Crippen molar-refractivity contribution >= 4 is 10.0 Å². The lowest BCUT2D eigenvalue weighted by Crippen LogP contribution is -2.44. The van der Waals surface area contributed by atoms with Gasteiger partial charge in [-0.15, -0.1) is 0 Å². The van der Waals surface area contributed by atoms with Gasteiger partial charge < -0.3 is 10.3 Å². The van der Waals surface area contributed by atoms with Crippen molar-refractivity contribution in [2.75, 3.05) is 6.54 Å². The van der Waals surface area contributed by atoms with Gasteiger partial charge in [0.15, 0.2) is 5.03 Å². The van der Waals surface area contributed by atoms with Gasteiger partial charge in [0.2, 0.25) is 0 Å². The third kappa shape index (κ3) is 4.79. The molecule has 0 radical (unpaired) electrons. The summed E-state index contributed by atoms with van der Waals surface area (Å²) >= 11 is 0. The number of rotatable bonds is 7. The van der Waals surface area contributed by atoms with Gasteiger partial charge in [-0.05, 0) is 31.7 Å². The minimum Gasteiger partial charge on any atom is -0.334 e. The summed E-state index contributed by atoms with van der Waals surface area (Å²) in [6.45, 7) is 11.1. The van der Waals surface area contributed by atoms with Gasteiger partial charge in [0.05, 0.1) is 0 Å². The molecule has 1 heterocycles. The molecule has 7 heteroatoms. The SMILES string of the molecule is CCCn1cc(S(=O)(=O)NC(CCN)C(C)(C)C)nc1C. The van der Waals surface area contributed by atoms with Crippen molar-refractivity contribution in [3.63, 3.8) is 0 Å². The van der Waals surface area contributed by atoms with Crippen molar-refractivity contribution in [3.8, 4) is 0 Å². The molecule has 1 aromatic heterocycles. The molecule has 0 amide bonds. The standard InChI is InChI=1S/C14H28N4O2S/c1-6-9-18-10-13(16-11(18)2)21(19,20)17-12(7-8-15)14(3,4)5/h10,12,17H,6-9,15H2,1-5H3. The van der Waals surface area contributed by atoms with Crippen LogP contribution in [0.1, 0.15) is 46.4 Å². The molecule has 0 fully saturated rings. The maximum absolute atomic E-state index is 12.5. The Morgan fingerprint density at radius 3 is 2.52 bits per heavy atom. The Morgan fingerprint density at radius 1 is 1.43 bits per heavy atom. The summed E-state index contributed by atoms with van der Waals surface area (Å²) in [5.41, 5.74) is 5.40. The van der Waals surface area contributed by atoms with Crippen LogP contribution in [-0.4, -0.2) is 30.6 Å². The molecule has 0 saturated carbocycles. The Hall–Kier alpha value is -0.920. The molecule has 0 spiro atoms. The topological polar surface area (TPSA) is 90.0 Å². The third-order valence-electron chi connectivity index (χ3n) is 3.49. The average Bonchev–Trinajstić information content (AvgIpc) is 2.70. The van der Waals surface area contributed by atoms with Crippen LogP contribution in [0.4, 0.5) is 0 Å². The predicted molar refractivity (Wildman–Crippen MR) is 84.5 cm³/mol. The number of hydrogen-bond acceptors (Lipinski definition) is 4. The van der Waals surface area contributed by atoms with Gasteiger partial charge in [-0.25, -0.2) is 18.1 Å². The van der Waals surface area contributed by atoms with Crippen LogP contribution in [-0.2, 0) is 16.6 Å². The number of imidazole rings is 1. The maximum atomic E-state index is 12.5. The van der Waals surface area contributed by atoms with Crippen LogP contribution >= 0.6 is 0 Å². The minimum atomic E-state index is -3.62. The molecule has 6 nitrogen and oxygen atoms in total. The molecule has 1 rings (SSSR count). The molecular formula is C14H28N4O2S. The summed E-state index contributed by atoms with van der Waals surface area (Å²) in [5.74, 6) is 0.711. The summed E-state index contributed by atoms with van der Waals surface area (Å²) in [6.07, 6.45) is 3.13. The predicted octanol–water partition coefficient (Wildman–Crippen LogP) is 1.64. The number of nitrogens with two attached hydrogens (primary N) is 1. The van der Waals surface area contributed by atoms with Gasteiger partial charge in [-0.1, -0.05) is 27.7 Å². The second-order valence-electron chi connectivity index (χ2n) is 6.44. The fraction of sp³-hybridized carbons (Fsp3) is 0.786. The molecule has 1 atom stereocenters. The molecule has 0 aromatic carbocycles. The van der Waals surface area contributed by atoms with Crippen LogP contribution in [0, 0.1) is 12.3 Å². The highest BCUT2D eigenvalue weighted by Crippen LogP contribution is 2.23. The third-order valence-corrected chi connectivity index (χ3v) is 4.83.